The number of hydrogen-bond acceptors (Lipinski definition) is 4. The first-order valence-corrected chi connectivity index (χ1v) is 10.1. The van der Waals surface area contributed by atoms with Gasteiger partial charge >= 0.3 is 0 Å². The molecule has 146 valence electrons. The normalized spacial score (nSPS) is 11.6. The number of rotatable bonds is 5. The highest BCUT2D eigenvalue weighted by molar-refractivity contribution is 7.89. The van der Waals surface area contributed by atoms with Gasteiger partial charge in [0.2, 0.25) is 10.0 Å². The number of anilines is 1. The second kappa shape index (κ2) is 7.57. The average Bonchev–Trinajstić information content (AvgIpc) is 2.96. The SMILES string of the molecule is Cc1nn(-c2ccccc2)c(C)c1NC(=O)c1ccc(S(=O)(=O)N(C)C)cc1. The Kier molecular flexibility index (Phi) is 5.35. The summed E-state index contributed by atoms with van der Waals surface area (Å²) in [4.78, 5) is 12.8. The number of carbonyl (C=O) groups excluding carboxylic acids is 1. The summed E-state index contributed by atoms with van der Waals surface area (Å²) < 4.78 is 27.2. The van der Waals surface area contributed by atoms with Crippen LogP contribution < -0.4 is 5.32 Å². The maximum absolute atomic E-state index is 12.7. The molecule has 0 spiro atoms. The van der Waals surface area contributed by atoms with Crippen LogP contribution in [0.4, 0.5) is 5.69 Å². The molecule has 0 unspecified atom stereocenters. The number of benzene rings is 2. The number of aryl methyl sites for hydroxylation is 1. The first-order chi connectivity index (χ1) is 13.2. The predicted octanol–water partition coefficient (Wildman–Crippen LogP) is 2.99. The minimum atomic E-state index is -3.53. The van der Waals surface area contributed by atoms with E-state index in [-0.39, 0.29) is 10.8 Å². The minimum Gasteiger partial charge on any atom is -0.319 e. The van der Waals surface area contributed by atoms with Crippen LogP contribution in [0.2, 0.25) is 0 Å². The van der Waals surface area contributed by atoms with Crippen molar-refractivity contribution in [1.29, 1.82) is 0 Å². The quantitative estimate of drug-likeness (QED) is 0.716. The lowest BCUT2D eigenvalue weighted by Crippen LogP contribution is -2.22. The number of para-hydroxylation sites is 1. The van der Waals surface area contributed by atoms with Crippen molar-refractivity contribution < 1.29 is 13.2 Å². The Morgan fingerprint density at radius 1 is 1.00 bits per heavy atom. The first kappa shape index (κ1) is 19.8. The van der Waals surface area contributed by atoms with Crippen molar-refractivity contribution in [2.24, 2.45) is 0 Å². The fourth-order valence-corrected chi connectivity index (χ4v) is 3.72. The molecule has 0 aliphatic heterocycles. The van der Waals surface area contributed by atoms with Gasteiger partial charge in [-0.2, -0.15) is 5.10 Å². The van der Waals surface area contributed by atoms with Gasteiger partial charge in [0, 0.05) is 19.7 Å². The van der Waals surface area contributed by atoms with Crippen molar-refractivity contribution in [3.8, 4) is 5.69 Å². The highest BCUT2D eigenvalue weighted by Gasteiger charge is 2.19. The van der Waals surface area contributed by atoms with Crippen LogP contribution in [0.3, 0.4) is 0 Å². The fourth-order valence-electron chi connectivity index (χ4n) is 2.82. The Labute approximate surface area is 164 Å². The van der Waals surface area contributed by atoms with Crippen molar-refractivity contribution in [1.82, 2.24) is 14.1 Å². The molecule has 1 heterocycles. The molecule has 2 aromatic carbocycles. The smallest absolute Gasteiger partial charge is 0.255 e. The van der Waals surface area contributed by atoms with E-state index in [0.717, 1.165) is 15.7 Å². The number of nitrogens with zero attached hydrogens (tertiary/aromatic N) is 3. The van der Waals surface area contributed by atoms with Gasteiger partial charge in [-0.3, -0.25) is 4.79 Å². The van der Waals surface area contributed by atoms with Gasteiger partial charge in [-0.15, -0.1) is 0 Å². The summed E-state index contributed by atoms with van der Waals surface area (Å²) in [5.41, 5.74) is 3.41. The summed E-state index contributed by atoms with van der Waals surface area (Å²) in [6.07, 6.45) is 0. The van der Waals surface area contributed by atoms with Gasteiger partial charge in [-0.1, -0.05) is 18.2 Å². The highest BCUT2D eigenvalue weighted by Crippen LogP contribution is 2.23. The lowest BCUT2D eigenvalue weighted by Gasteiger charge is -2.12. The van der Waals surface area contributed by atoms with Gasteiger partial charge in [0.1, 0.15) is 0 Å². The summed E-state index contributed by atoms with van der Waals surface area (Å²) >= 11 is 0. The number of sulfonamides is 1. The Hall–Kier alpha value is -2.97. The molecule has 3 aromatic rings. The molecular formula is C20H22N4O3S. The van der Waals surface area contributed by atoms with Crippen LogP contribution in [0.1, 0.15) is 21.7 Å². The van der Waals surface area contributed by atoms with E-state index < -0.39 is 10.0 Å². The largest absolute Gasteiger partial charge is 0.319 e. The van der Waals surface area contributed by atoms with Crippen LogP contribution in [0.25, 0.3) is 5.69 Å². The standard InChI is InChI=1S/C20H22N4O3S/c1-14-19(15(2)24(22-14)17-8-6-5-7-9-17)21-20(25)16-10-12-18(13-11-16)28(26,27)23(3)4/h5-13H,1-4H3,(H,21,25). The van der Waals surface area contributed by atoms with Gasteiger partial charge in [-0.25, -0.2) is 17.4 Å². The summed E-state index contributed by atoms with van der Waals surface area (Å²) in [7, 11) is -0.602. The molecule has 0 saturated carbocycles. The molecule has 28 heavy (non-hydrogen) atoms. The maximum Gasteiger partial charge on any atom is 0.255 e. The van der Waals surface area contributed by atoms with Gasteiger partial charge in [0.05, 0.1) is 27.7 Å². The van der Waals surface area contributed by atoms with Crippen molar-refractivity contribution in [2.45, 2.75) is 18.7 Å². The van der Waals surface area contributed by atoms with Crippen LogP contribution in [-0.2, 0) is 10.0 Å². The Morgan fingerprint density at radius 3 is 2.18 bits per heavy atom. The molecule has 0 saturated heterocycles. The topological polar surface area (TPSA) is 84.3 Å². The molecule has 1 amide bonds. The minimum absolute atomic E-state index is 0.137. The zero-order chi connectivity index (χ0) is 20.5. The van der Waals surface area contributed by atoms with Crippen LogP contribution >= 0.6 is 0 Å². The molecule has 7 nitrogen and oxygen atoms in total. The summed E-state index contributed by atoms with van der Waals surface area (Å²) in [6, 6.07) is 15.5. The highest BCUT2D eigenvalue weighted by atomic mass is 32.2. The van der Waals surface area contributed by atoms with E-state index in [1.807, 2.05) is 44.2 Å². The van der Waals surface area contributed by atoms with Crippen LogP contribution in [0.15, 0.2) is 59.5 Å². The van der Waals surface area contributed by atoms with E-state index in [0.29, 0.717) is 16.9 Å². The van der Waals surface area contributed by atoms with E-state index >= 15 is 0 Å². The second-order valence-corrected chi connectivity index (χ2v) is 8.71. The van der Waals surface area contributed by atoms with Gasteiger partial charge in [0.25, 0.3) is 5.91 Å². The Balaban J connectivity index is 1.85. The van der Waals surface area contributed by atoms with Crippen LogP contribution in [0, 0.1) is 13.8 Å². The average molecular weight is 398 g/mol. The summed E-state index contributed by atoms with van der Waals surface area (Å²) in [5.74, 6) is -0.326. The molecule has 0 bridgehead atoms. The van der Waals surface area contributed by atoms with Crippen molar-refractivity contribution in [2.75, 3.05) is 19.4 Å². The van der Waals surface area contributed by atoms with E-state index in [1.165, 1.54) is 38.4 Å². The van der Waals surface area contributed by atoms with Crippen molar-refractivity contribution in [3.05, 3.63) is 71.5 Å². The monoisotopic (exact) mass is 398 g/mol. The molecule has 0 atom stereocenters. The lowest BCUT2D eigenvalue weighted by atomic mass is 10.2. The fraction of sp³-hybridized carbons (Fsp3) is 0.200. The third kappa shape index (κ3) is 3.69. The number of nitrogens with one attached hydrogen (secondary N) is 1. The second-order valence-electron chi connectivity index (χ2n) is 6.56. The zero-order valence-corrected chi connectivity index (χ0v) is 17.0. The van der Waals surface area contributed by atoms with Gasteiger partial charge < -0.3 is 5.32 Å². The van der Waals surface area contributed by atoms with E-state index in [1.54, 1.807) is 4.68 Å². The molecule has 1 N–H and O–H groups in total. The van der Waals surface area contributed by atoms with E-state index in [4.69, 9.17) is 0 Å². The summed E-state index contributed by atoms with van der Waals surface area (Å²) in [5, 5.41) is 7.39. The third-order valence-corrected chi connectivity index (χ3v) is 6.26. The molecule has 0 radical (unpaired) electrons. The molecular weight excluding hydrogens is 376 g/mol. The van der Waals surface area contributed by atoms with Crippen LogP contribution in [0.5, 0.6) is 0 Å². The number of amides is 1. The Bertz CT molecular complexity index is 1100. The maximum atomic E-state index is 12.7. The Morgan fingerprint density at radius 2 is 1.61 bits per heavy atom. The molecule has 0 aliphatic rings. The number of aromatic nitrogens is 2. The number of hydrogen-bond donors (Lipinski definition) is 1. The molecule has 1 aromatic heterocycles. The predicted molar refractivity (Wildman–Crippen MR) is 108 cm³/mol. The molecule has 0 aliphatic carbocycles. The van der Waals surface area contributed by atoms with Crippen molar-refractivity contribution in [3.63, 3.8) is 0 Å². The van der Waals surface area contributed by atoms with Gasteiger partial charge in [0.15, 0.2) is 0 Å². The zero-order valence-electron chi connectivity index (χ0n) is 16.2. The van der Waals surface area contributed by atoms with Crippen molar-refractivity contribution >= 4 is 21.6 Å². The first-order valence-electron chi connectivity index (χ1n) is 8.67. The third-order valence-electron chi connectivity index (χ3n) is 4.43. The molecule has 0 fully saturated rings. The van der Waals surface area contributed by atoms with Crippen LogP contribution in [-0.4, -0.2) is 42.5 Å². The number of carbonyl (C=O) groups is 1. The van der Waals surface area contributed by atoms with E-state index in [9.17, 15) is 13.2 Å². The van der Waals surface area contributed by atoms with Gasteiger partial charge in [-0.05, 0) is 50.2 Å². The lowest BCUT2D eigenvalue weighted by molar-refractivity contribution is 0.102. The summed E-state index contributed by atoms with van der Waals surface area (Å²) in [6.45, 7) is 3.71. The molecule has 8 heteroatoms. The molecule has 3 rings (SSSR count). The van der Waals surface area contributed by atoms with E-state index in [2.05, 4.69) is 10.4 Å².